The molecule has 0 spiro atoms. The van der Waals surface area contributed by atoms with Crippen LogP contribution in [0.5, 0.6) is 0 Å². The van der Waals surface area contributed by atoms with Gasteiger partial charge in [0.2, 0.25) is 0 Å². The molecule has 0 radical (unpaired) electrons. The summed E-state index contributed by atoms with van der Waals surface area (Å²) >= 11 is 0. The van der Waals surface area contributed by atoms with Crippen LogP contribution in [0.3, 0.4) is 0 Å². The van der Waals surface area contributed by atoms with Crippen molar-refractivity contribution in [2.24, 2.45) is 0 Å². The van der Waals surface area contributed by atoms with E-state index in [1.165, 1.54) is 0 Å². The number of likely N-dealkylation sites (tertiary alicyclic amines) is 1. The summed E-state index contributed by atoms with van der Waals surface area (Å²) in [5, 5.41) is 3.47. The molecule has 0 aromatic carbocycles. The summed E-state index contributed by atoms with van der Waals surface area (Å²) in [7, 11) is 0. The maximum atomic E-state index is 5.51. The van der Waals surface area contributed by atoms with Gasteiger partial charge in [0.05, 0.1) is 6.20 Å². The largest absolute Gasteiger partial charge is 0.446 e. The molecule has 1 aliphatic heterocycles. The van der Waals surface area contributed by atoms with Crippen LogP contribution in [-0.4, -0.2) is 45.5 Å². The quantitative estimate of drug-likeness (QED) is 0.906. The van der Waals surface area contributed by atoms with E-state index in [-0.39, 0.29) is 0 Å². The molecule has 0 amide bonds. The third-order valence-corrected chi connectivity index (χ3v) is 3.87. The molecule has 1 aliphatic rings. The number of rotatable bonds is 5. The highest BCUT2D eigenvalue weighted by atomic mass is 16.3. The lowest BCUT2D eigenvalue weighted by atomic mass is 10.0. The fourth-order valence-electron chi connectivity index (χ4n) is 2.68. The maximum Gasteiger partial charge on any atom is 0.191 e. The number of hydrogen-bond donors (Lipinski definition) is 1. The minimum absolute atomic E-state index is 0.503. The van der Waals surface area contributed by atoms with Gasteiger partial charge in [-0.25, -0.2) is 15.0 Å². The first-order chi connectivity index (χ1) is 10.3. The summed E-state index contributed by atoms with van der Waals surface area (Å²) in [4.78, 5) is 14.8. The summed E-state index contributed by atoms with van der Waals surface area (Å²) in [6.45, 7) is 5.13. The predicted molar refractivity (Wildman–Crippen MR) is 80.1 cm³/mol. The number of piperidine rings is 1. The highest BCUT2D eigenvalue weighted by molar-refractivity contribution is 5.33. The highest BCUT2D eigenvalue weighted by Gasteiger charge is 2.19. The second kappa shape index (κ2) is 6.67. The van der Waals surface area contributed by atoms with Crippen LogP contribution < -0.4 is 5.32 Å². The van der Waals surface area contributed by atoms with Gasteiger partial charge in [-0.05, 0) is 18.9 Å². The van der Waals surface area contributed by atoms with E-state index in [1.807, 2.05) is 19.2 Å². The summed E-state index contributed by atoms with van der Waals surface area (Å²) < 4.78 is 5.51. The third-order valence-electron chi connectivity index (χ3n) is 3.87. The average molecular weight is 287 g/mol. The lowest BCUT2D eigenvalue weighted by Gasteiger charge is -2.32. The second-order valence-corrected chi connectivity index (χ2v) is 5.45. The van der Waals surface area contributed by atoms with Crippen molar-refractivity contribution in [2.75, 3.05) is 25.0 Å². The Balaban J connectivity index is 1.40. The minimum Gasteiger partial charge on any atom is -0.446 e. The fourth-order valence-corrected chi connectivity index (χ4v) is 2.68. The Kier molecular flexibility index (Phi) is 4.45. The summed E-state index contributed by atoms with van der Waals surface area (Å²) in [5.74, 6) is 2.65. The zero-order valence-corrected chi connectivity index (χ0v) is 12.3. The van der Waals surface area contributed by atoms with E-state index < -0.39 is 0 Å². The van der Waals surface area contributed by atoms with Crippen LogP contribution in [0.25, 0.3) is 0 Å². The van der Waals surface area contributed by atoms with E-state index in [9.17, 15) is 0 Å². The zero-order valence-electron chi connectivity index (χ0n) is 12.3. The van der Waals surface area contributed by atoms with Crippen molar-refractivity contribution in [3.05, 3.63) is 36.4 Å². The first-order valence-electron chi connectivity index (χ1n) is 7.46. The number of aryl methyl sites for hydroxylation is 1. The van der Waals surface area contributed by atoms with Crippen molar-refractivity contribution in [1.82, 2.24) is 19.9 Å². The van der Waals surface area contributed by atoms with Crippen LogP contribution in [0.1, 0.15) is 24.5 Å². The molecule has 0 saturated carbocycles. The van der Waals surface area contributed by atoms with Crippen molar-refractivity contribution >= 4 is 5.82 Å². The summed E-state index contributed by atoms with van der Waals surface area (Å²) in [6.07, 6.45) is 8.39. The van der Waals surface area contributed by atoms with Crippen LogP contribution in [-0.2, 0) is 6.42 Å². The van der Waals surface area contributed by atoms with Crippen LogP contribution in [0, 0.1) is 6.92 Å². The van der Waals surface area contributed by atoms with E-state index in [2.05, 4.69) is 25.2 Å². The molecule has 3 rings (SSSR count). The number of oxazole rings is 1. The maximum absolute atomic E-state index is 5.51. The molecule has 0 atom stereocenters. The minimum atomic E-state index is 0.503. The predicted octanol–water partition coefficient (Wildman–Crippen LogP) is 1.89. The molecule has 3 heterocycles. The first-order valence-corrected chi connectivity index (χ1v) is 7.46. The van der Waals surface area contributed by atoms with Crippen molar-refractivity contribution in [3.63, 3.8) is 0 Å². The van der Waals surface area contributed by atoms with Crippen molar-refractivity contribution in [1.29, 1.82) is 0 Å². The van der Waals surface area contributed by atoms with Gasteiger partial charge in [-0.15, -0.1) is 0 Å². The molecular formula is C15H21N5O. The molecule has 0 bridgehead atoms. The van der Waals surface area contributed by atoms with Gasteiger partial charge in [0.25, 0.3) is 0 Å². The van der Waals surface area contributed by atoms with Crippen LogP contribution in [0.2, 0.25) is 0 Å². The molecule has 0 aliphatic carbocycles. The molecule has 6 heteroatoms. The molecule has 2 aromatic rings. The Morgan fingerprint density at radius 3 is 2.86 bits per heavy atom. The van der Waals surface area contributed by atoms with Crippen LogP contribution in [0.15, 0.2) is 29.2 Å². The monoisotopic (exact) mass is 287 g/mol. The average Bonchev–Trinajstić information content (AvgIpc) is 2.93. The van der Waals surface area contributed by atoms with Gasteiger partial charge in [0, 0.05) is 45.2 Å². The number of anilines is 1. The SMILES string of the molecule is Cc1ncc(CCN2CCC(Nc3ccncn3)CC2)o1. The van der Waals surface area contributed by atoms with Crippen LogP contribution >= 0.6 is 0 Å². The summed E-state index contributed by atoms with van der Waals surface area (Å²) in [5.41, 5.74) is 0. The molecule has 6 nitrogen and oxygen atoms in total. The van der Waals surface area contributed by atoms with Gasteiger partial charge in [0.1, 0.15) is 17.9 Å². The van der Waals surface area contributed by atoms with Gasteiger partial charge >= 0.3 is 0 Å². The van der Waals surface area contributed by atoms with Gasteiger partial charge in [-0.3, -0.25) is 0 Å². The molecular weight excluding hydrogens is 266 g/mol. The standard InChI is InChI=1S/C15H21N5O/c1-12-17-10-14(21-12)5-9-20-7-3-13(4-8-20)19-15-2-6-16-11-18-15/h2,6,10-11,13H,3-5,7-9H2,1H3,(H,16,18,19). The van der Waals surface area contributed by atoms with Crippen molar-refractivity contribution < 1.29 is 4.42 Å². The molecule has 2 aromatic heterocycles. The Morgan fingerprint density at radius 2 is 2.19 bits per heavy atom. The molecule has 1 N–H and O–H groups in total. The molecule has 1 saturated heterocycles. The van der Waals surface area contributed by atoms with E-state index in [4.69, 9.17) is 4.42 Å². The summed E-state index contributed by atoms with van der Waals surface area (Å²) in [6, 6.07) is 2.42. The van der Waals surface area contributed by atoms with Gasteiger partial charge in [-0.1, -0.05) is 0 Å². The van der Waals surface area contributed by atoms with E-state index in [0.717, 1.165) is 56.4 Å². The zero-order chi connectivity index (χ0) is 14.5. The molecule has 0 unspecified atom stereocenters. The number of nitrogens with one attached hydrogen (secondary N) is 1. The number of hydrogen-bond acceptors (Lipinski definition) is 6. The smallest absolute Gasteiger partial charge is 0.191 e. The topological polar surface area (TPSA) is 67.1 Å². The normalized spacial score (nSPS) is 17.0. The first kappa shape index (κ1) is 14.0. The lowest BCUT2D eigenvalue weighted by Crippen LogP contribution is -2.40. The molecule has 1 fully saturated rings. The van der Waals surface area contributed by atoms with E-state index >= 15 is 0 Å². The van der Waals surface area contributed by atoms with Gasteiger partial charge < -0.3 is 14.6 Å². The number of nitrogens with zero attached hydrogens (tertiary/aromatic N) is 4. The second-order valence-electron chi connectivity index (χ2n) is 5.45. The third kappa shape index (κ3) is 4.01. The highest BCUT2D eigenvalue weighted by Crippen LogP contribution is 2.15. The lowest BCUT2D eigenvalue weighted by molar-refractivity contribution is 0.217. The molecule has 21 heavy (non-hydrogen) atoms. The number of aromatic nitrogens is 3. The Morgan fingerprint density at radius 1 is 1.33 bits per heavy atom. The van der Waals surface area contributed by atoms with E-state index in [0.29, 0.717) is 6.04 Å². The van der Waals surface area contributed by atoms with Crippen LogP contribution in [0.4, 0.5) is 5.82 Å². The molecule has 112 valence electrons. The fraction of sp³-hybridized carbons (Fsp3) is 0.533. The van der Waals surface area contributed by atoms with Gasteiger partial charge in [-0.2, -0.15) is 0 Å². The van der Waals surface area contributed by atoms with E-state index in [1.54, 1.807) is 12.5 Å². The van der Waals surface area contributed by atoms with Crippen molar-refractivity contribution in [2.45, 2.75) is 32.2 Å². The van der Waals surface area contributed by atoms with Crippen molar-refractivity contribution in [3.8, 4) is 0 Å². The Bertz CT molecular complexity index is 548. The Hall–Kier alpha value is -1.95. The van der Waals surface area contributed by atoms with Gasteiger partial charge in [0.15, 0.2) is 5.89 Å². The Labute approximate surface area is 124 Å².